The van der Waals surface area contributed by atoms with Crippen molar-refractivity contribution in [1.82, 2.24) is 0 Å². The molecule has 0 aliphatic heterocycles. The van der Waals surface area contributed by atoms with E-state index < -0.39 is 30.2 Å². The van der Waals surface area contributed by atoms with Gasteiger partial charge in [-0.05, 0) is 48.7 Å². The minimum absolute atomic E-state index is 0.0875. The standard InChI is InChI=1S/C22H23ClF3NO5/c1-13(2)8-9-31-18-7-4-14(10-19(18)30-3)21(29)32-12-20(28)27-17-11-15(22(24,25)26)5-6-16(17)23/h4-7,10-11,13H,8-9,12H2,1-3H3,(H,27,28). The molecular weight excluding hydrogens is 451 g/mol. The van der Waals surface area contributed by atoms with Crippen molar-refractivity contribution < 1.29 is 37.0 Å². The molecule has 2 aromatic rings. The fourth-order valence-corrected chi connectivity index (χ4v) is 2.68. The molecule has 1 amide bonds. The van der Waals surface area contributed by atoms with Crippen molar-refractivity contribution in [2.45, 2.75) is 26.4 Å². The number of carbonyl (C=O) groups is 2. The Labute approximate surface area is 188 Å². The number of anilines is 1. The molecule has 0 aliphatic rings. The van der Waals surface area contributed by atoms with Gasteiger partial charge < -0.3 is 19.5 Å². The maximum atomic E-state index is 12.8. The Bertz CT molecular complexity index is 963. The molecule has 2 rings (SSSR count). The molecule has 0 radical (unpaired) electrons. The van der Waals surface area contributed by atoms with E-state index in [0.29, 0.717) is 30.1 Å². The third-order valence-corrected chi connectivity index (χ3v) is 4.58. The molecule has 10 heteroatoms. The van der Waals surface area contributed by atoms with Crippen LogP contribution in [0.5, 0.6) is 11.5 Å². The highest BCUT2D eigenvalue weighted by molar-refractivity contribution is 6.33. The van der Waals surface area contributed by atoms with Crippen LogP contribution >= 0.6 is 11.6 Å². The number of hydrogen-bond donors (Lipinski definition) is 1. The molecule has 0 atom stereocenters. The minimum atomic E-state index is -4.60. The van der Waals surface area contributed by atoms with E-state index in [1.807, 2.05) is 0 Å². The molecule has 0 saturated carbocycles. The molecule has 0 aromatic heterocycles. The molecule has 0 bridgehead atoms. The molecule has 0 spiro atoms. The lowest BCUT2D eigenvalue weighted by atomic mass is 10.1. The number of methoxy groups -OCH3 is 1. The maximum absolute atomic E-state index is 12.8. The van der Waals surface area contributed by atoms with Crippen molar-refractivity contribution in [3.8, 4) is 11.5 Å². The normalized spacial score (nSPS) is 11.2. The number of rotatable bonds is 9. The van der Waals surface area contributed by atoms with Crippen LogP contribution in [0.1, 0.15) is 36.2 Å². The largest absolute Gasteiger partial charge is 0.493 e. The third-order valence-electron chi connectivity index (χ3n) is 4.25. The lowest BCUT2D eigenvalue weighted by molar-refractivity contribution is -0.137. The highest BCUT2D eigenvalue weighted by Gasteiger charge is 2.31. The van der Waals surface area contributed by atoms with Crippen LogP contribution in [0.4, 0.5) is 18.9 Å². The first-order valence-electron chi connectivity index (χ1n) is 9.65. The van der Waals surface area contributed by atoms with Crippen LogP contribution in [0.15, 0.2) is 36.4 Å². The summed E-state index contributed by atoms with van der Waals surface area (Å²) in [6.07, 6.45) is -3.75. The summed E-state index contributed by atoms with van der Waals surface area (Å²) in [4.78, 5) is 24.3. The van der Waals surface area contributed by atoms with Gasteiger partial charge in [-0.25, -0.2) is 4.79 Å². The zero-order chi connectivity index (χ0) is 23.9. The molecule has 1 N–H and O–H groups in total. The van der Waals surface area contributed by atoms with Gasteiger partial charge in [-0.15, -0.1) is 0 Å². The third kappa shape index (κ3) is 7.33. The number of alkyl halides is 3. The van der Waals surface area contributed by atoms with Gasteiger partial charge in [0.15, 0.2) is 18.1 Å². The Kier molecular flexibility index (Phi) is 8.77. The molecule has 0 aliphatic carbocycles. The average molecular weight is 474 g/mol. The Morgan fingerprint density at radius 2 is 1.81 bits per heavy atom. The predicted molar refractivity (Wildman–Crippen MR) is 113 cm³/mol. The maximum Gasteiger partial charge on any atom is 0.416 e. The number of ether oxygens (including phenoxy) is 3. The summed E-state index contributed by atoms with van der Waals surface area (Å²) < 4.78 is 54.3. The zero-order valence-corrected chi connectivity index (χ0v) is 18.5. The summed E-state index contributed by atoms with van der Waals surface area (Å²) in [5, 5.41) is 2.11. The SMILES string of the molecule is COc1cc(C(=O)OCC(=O)Nc2cc(C(F)(F)F)ccc2Cl)ccc1OCCC(C)C. The second kappa shape index (κ2) is 11.1. The van der Waals surface area contributed by atoms with E-state index in [4.69, 9.17) is 25.8 Å². The molecule has 0 fully saturated rings. The summed E-state index contributed by atoms with van der Waals surface area (Å²) in [5.74, 6) is -0.417. The molecule has 0 unspecified atom stereocenters. The Morgan fingerprint density at radius 1 is 1.09 bits per heavy atom. The van der Waals surface area contributed by atoms with Crippen LogP contribution in [-0.4, -0.2) is 32.2 Å². The molecule has 2 aromatic carbocycles. The number of carbonyl (C=O) groups excluding carboxylic acids is 2. The lowest BCUT2D eigenvalue weighted by Gasteiger charge is -2.13. The van der Waals surface area contributed by atoms with Gasteiger partial charge in [0.25, 0.3) is 5.91 Å². The first kappa shape index (κ1) is 25.3. The lowest BCUT2D eigenvalue weighted by Crippen LogP contribution is -2.21. The molecule has 174 valence electrons. The first-order chi connectivity index (χ1) is 15.0. The van der Waals surface area contributed by atoms with Crippen LogP contribution in [0.3, 0.4) is 0 Å². The monoisotopic (exact) mass is 473 g/mol. The van der Waals surface area contributed by atoms with Gasteiger partial charge in [-0.1, -0.05) is 25.4 Å². The Morgan fingerprint density at radius 3 is 2.44 bits per heavy atom. The fraction of sp³-hybridized carbons (Fsp3) is 0.364. The number of amides is 1. The molecule has 0 heterocycles. The van der Waals surface area contributed by atoms with Gasteiger partial charge in [0.05, 0.1) is 35.6 Å². The van der Waals surface area contributed by atoms with Crippen molar-refractivity contribution in [3.63, 3.8) is 0 Å². The van der Waals surface area contributed by atoms with Gasteiger partial charge in [-0.2, -0.15) is 13.2 Å². The minimum Gasteiger partial charge on any atom is -0.493 e. The first-order valence-corrected chi connectivity index (χ1v) is 10.0. The number of esters is 1. The van der Waals surface area contributed by atoms with Crippen molar-refractivity contribution in [2.24, 2.45) is 5.92 Å². The van der Waals surface area contributed by atoms with E-state index in [0.717, 1.165) is 18.6 Å². The van der Waals surface area contributed by atoms with Crippen LogP contribution in [0.2, 0.25) is 5.02 Å². The number of benzene rings is 2. The summed E-state index contributed by atoms with van der Waals surface area (Å²) in [6, 6.07) is 6.93. The topological polar surface area (TPSA) is 73.9 Å². The van der Waals surface area contributed by atoms with E-state index >= 15 is 0 Å². The van der Waals surface area contributed by atoms with Gasteiger partial charge in [0.1, 0.15) is 0 Å². The van der Waals surface area contributed by atoms with Crippen LogP contribution in [0.25, 0.3) is 0 Å². The van der Waals surface area contributed by atoms with Gasteiger partial charge in [0.2, 0.25) is 0 Å². The summed E-state index contributed by atoms with van der Waals surface area (Å²) in [5.41, 5.74) is -1.10. The summed E-state index contributed by atoms with van der Waals surface area (Å²) >= 11 is 5.83. The number of nitrogens with one attached hydrogen (secondary N) is 1. The van der Waals surface area contributed by atoms with Crippen LogP contribution < -0.4 is 14.8 Å². The highest BCUT2D eigenvalue weighted by Crippen LogP contribution is 2.34. The predicted octanol–water partition coefficient (Wildman–Crippen LogP) is 5.59. The second-order valence-electron chi connectivity index (χ2n) is 7.21. The van der Waals surface area contributed by atoms with Crippen molar-refractivity contribution in [2.75, 3.05) is 25.6 Å². The number of halogens is 4. The van der Waals surface area contributed by atoms with Crippen molar-refractivity contribution >= 4 is 29.2 Å². The Hall–Kier alpha value is -2.94. The fourth-order valence-electron chi connectivity index (χ4n) is 2.52. The summed E-state index contributed by atoms with van der Waals surface area (Å²) in [7, 11) is 1.42. The van der Waals surface area contributed by atoms with E-state index in [1.165, 1.54) is 19.2 Å². The zero-order valence-electron chi connectivity index (χ0n) is 17.7. The van der Waals surface area contributed by atoms with Gasteiger partial charge in [-0.3, -0.25) is 4.79 Å². The van der Waals surface area contributed by atoms with E-state index in [9.17, 15) is 22.8 Å². The van der Waals surface area contributed by atoms with E-state index in [1.54, 1.807) is 6.07 Å². The highest BCUT2D eigenvalue weighted by atomic mass is 35.5. The summed E-state index contributed by atoms with van der Waals surface area (Å²) in [6.45, 7) is 3.89. The Balaban J connectivity index is 1.98. The van der Waals surface area contributed by atoms with Crippen LogP contribution in [-0.2, 0) is 15.7 Å². The van der Waals surface area contributed by atoms with Gasteiger partial charge >= 0.3 is 12.1 Å². The number of hydrogen-bond acceptors (Lipinski definition) is 5. The van der Waals surface area contributed by atoms with Crippen LogP contribution in [0, 0.1) is 5.92 Å². The van der Waals surface area contributed by atoms with E-state index in [-0.39, 0.29) is 16.3 Å². The smallest absolute Gasteiger partial charge is 0.416 e. The van der Waals surface area contributed by atoms with Crippen molar-refractivity contribution in [1.29, 1.82) is 0 Å². The average Bonchev–Trinajstić information content (AvgIpc) is 2.72. The van der Waals surface area contributed by atoms with Gasteiger partial charge in [0, 0.05) is 0 Å². The quantitative estimate of drug-likeness (QED) is 0.481. The van der Waals surface area contributed by atoms with Crippen molar-refractivity contribution in [3.05, 3.63) is 52.5 Å². The molecular formula is C22H23ClF3NO5. The molecule has 6 nitrogen and oxygen atoms in total. The molecule has 0 saturated heterocycles. The van der Waals surface area contributed by atoms with E-state index in [2.05, 4.69) is 19.2 Å². The second-order valence-corrected chi connectivity index (χ2v) is 7.62. The molecule has 32 heavy (non-hydrogen) atoms.